The van der Waals surface area contributed by atoms with Crippen LogP contribution in [0.25, 0.3) is 22.2 Å². The lowest BCUT2D eigenvalue weighted by atomic mass is 9.77. The van der Waals surface area contributed by atoms with Gasteiger partial charge in [0, 0.05) is 61.8 Å². The van der Waals surface area contributed by atoms with Gasteiger partial charge in [-0.3, -0.25) is 28.7 Å². The van der Waals surface area contributed by atoms with Gasteiger partial charge in [-0.2, -0.15) is 0 Å². The summed E-state index contributed by atoms with van der Waals surface area (Å²) in [6.45, 7) is 8.65. The number of carbonyl (C=O) groups is 5. The van der Waals surface area contributed by atoms with E-state index in [4.69, 9.17) is 4.98 Å². The molecule has 13 nitrogen and oxygen atoms in total. The number of likely N-dealkylation sites (tertiary alicyclic amines) is 2. The maximum Gasteiger partial charge on any atom is 0.259 e. The Hall–Kier alpha value is -5.25. The van der Waals surface area contributed by atoms with Crippen LogP contribution in [0.3, 0.4) is 0 Å². The SMILES string of the molecule is C=CC1C[C@]1(NC(=O)[C@@H]1C[C@@H](NC(=O)c2cc(-c3ccccc3)nc3ccccc23)CN1C(=O)[C@@H](CC(=O)N1CCC(F)(F)CC1)C(C)(C)C)C(=O)NS(=O)(=O)C1CC1. The molecule has 4 fully saturated rings. The molecular formula is C43H50F2N6O7S. The minimum absolute atomic E-state index is 0.0687. The standard InChI is InChI=1S/C43H50F2N6O7S/c1-5-27-24-43(27,40(56)49-59(57,58)29-15-16-29)48-38(54)35-21-28(25-51(35)39(55)32(41(2,3)4)23-36(52)50-19-17-42(44,45)18-20-50)46-37(53)31-22-34(26-11-7-6-8-12-26)47-33-14-10-9-13-30(31)33/h5-14,22,27-29,32,35H,1,15-21,23-25H2,2-4H3,(H,46,53)(H,48,54)(H,49,56)/t27?,28-,32-,35+,43-/m1/s1. The third kappa shape index (κ3) is 8.87. The van der Waals surface area contributed by atoms with Gasteiger partial charge in [0.25, 0.3) is 17.7 Å². The molecule has 1 unspecified atom stereocenters. The Kier molecular flexibility index (Phi) is 11.2. The van der Waals surface area contributed by atoms with Crippen molar-refractivity contribution in [1.82, 2.24) is 30.1 Å². The molecule has 2 saturated heterocycles. The number of para-hydroxylation sites is 1. The summed E-state index contributed by atoms with van der Waals surface area (Å²) < 4.78 is 55.6. The third-order valence-corrected chi connectivity index (χ3v) is 13.9. The van der Waals surface area contributed by atoms with E-state index in [2.05, 4.69) is 21.9 Å². The Morgan fingerprint density at radius 3 is 2.29 bits per heavy atom. The normalized spacial score (nSPS) is 24.5. The molecule has 0 radical (unpaired) electrons. The monoisotopic (exact) mass is 832 g/mol. The van der Waals surface area contributed by atoms with Gasteiger partial charge in [0.2, 0.25) is 27.7 Å². The first kappa shape index (κ1) is 41.9. The molecule has 4 aliphatic rings. The fourth-order valence-corrected chi connectivity index (χ4v) is 9.55. The quantitative estimate of drug-likeness (QED) is 0.223. The van der Waals surface area contributed by atoms with Gasteiger partial charge in [0.15, 0.2) is 0 Å². The number of piperidine rings is 1. The van der Waals surface area contributed by atoms with E-state index >= 15 is 0 Å². The topological polar surface area (TPSA) is 175 Å². The summed E-state index contributed by atoms with van der Waals surface area (Å²) >= 11 is 0. The maximum atomic E-state index is 14.8. The number of pyridine rings is 1. The molecule has 3 aromatic rings. The van der Waals surface area contributed by atoms with E-state index in [1.54, 1.807) is 45.0 Å². The van der Waals surface area contributed by atoms with Gasteiger partial charge in [0.05, 0.1) is 27.9 Å². The van der Waals surface area contributed by atoms with E-state index < -0.39 is 98.4 Å². The van der Waals surface area contributed by atoms with Gasteiger partial charge in [-0.1, -0.05) is 75.4 Å². The Balaban J connectivity index is 1.17. The highest BCUT2D eigenvalue weighted by molar-refractivity contribution is 7.91. The molecule has 16 heteroatoms. The molecule has 5 atom stereocenters. The van der Waals surface area contributed by atoms with Crippen LogP contribution in [0, 0.1) is 17.3 Å². The molecule has 59 heavy (non-hydrogen) atoms. The highest BCUT2D eigenvalue weighted by atomic mass is 32.2. The molecule has 314 valence electrons. The Morgan fingerprint density at radius 1 is 1.00 bits per heavy atom. The number of halogens is 2. The Labute approximate surface area is 342 Å². The predicted octanol–water partition coefficient (Wildman–Crippen LogP) is 4.58. The highest BCUT2D eigenvalue weighted by Gasteiger charge is 2.62. The molecule has 2 aromatic carbocycles. The molecule has 5 amide bonds. The minimum atomic E-state index is -3.96. The van der Waals surface area contributed by atoms with Crippen molar-refractivity contribution >= 4 is 50.5 Å². The maximum absolute atomic E-state index is 14.8. The van der Waals surface area contributed by atoms with Gasteiger partial charge < -0.3 is 20.4 Å². The second-order valence-corrected chi connectivity index (χ2v) is 19.4. The van der Waals surface area contributed by atoms with Gasteiger partial charge in [-0.15, -0.1) is 6.58 Å². The van der Waals surface area contributed by atoms with E-state index in [9.17, 15) is 41.2 Å². The van der Waals surface area contributed by atoms with Crippen molar-refractivity contribution in [1.29, 1.82) is 0 Å². The number of nitrogens with zero attached hydrogens (tertiary/aromatic N) is 3. The number of sulfonamides is 1. The van der Waals surface area contributed by atoms with Crippen molar-refractivity contribution in [2.75, 3.05) is 19.6 Å². The lowest BCUT2D eigenvalue weighted by molar-refractivity contribution is -0.150. The smallest absolute Gasteiger partial charge is 0.259 e. The number of hydrogen-bond donors (Lipinski definition) is 3. The van der Waals surface area contributed by atoms with Crippen molar-refractivity contribution in [3.05, 3.63) is 78.9 Å². The highest BCUT2D eigenvalue weighted by Crippen LogP contribution is 2.46. The second-order valence-electron chi connectivity index (χ2n) is 17.4. The van der Waals surface area contributed by atoms with E-state index in [0.717, 1.165) is 5.56 Å². The summed E-state index contributed by atoms with van der Waals surface area (Å²) in [5.41, 5.74) is -0.188. The number of rotatable bonds is 12. The Morgan fingerprint density at radius 2 is 1.66 bits per heavy atom. The van der Waals surface area contributed by atoms with Gasteiger partial charge in [-0.25, -0.2) is 22.2 Å². The van der Waals surface area contributed by atoms with Gasteiger partial charge in [-0.05, 0) is 43.2 Å². The first-order valence-corrected chi connectivity index (χ1v) is 21.6. The number of hydrogen-bond acceptors (Lipinski definition) is 8. The summed E-state index contributed by atoms with van der Waals surface area (Å²) in [5, 5.41) is 5.69. The molecule has 0 bridgehead atoms. The number of carbonyl (C=O) groups excluding carboxylic acids is 5. The fourth-order valence-electron chi connectivity index (χ4n) is 8.19. The van der Waals surface area contributed by atoms with Crippen molar-refractivity contribution < 1.29 is 41.2 Å². The van der Waals surface area contributed by atoms with E-state index in [1.807, 2.05) is 36.4 Å². The largest absolute Gasteiger partial charge is 0.347 e. The third-order valence-electron chi connectivity index (χ3n) is 12.1. The first-order chi connectivity index (χ1) is 27.8. The van der Waals surface area contributed by atoms with Crippen molar-refractivity contribution in [2.24, 2.45) is 17.3 Å². The number of benzene rings is 2. The summed E-state index contributed by atoms with van der Waals surface area (Å²) in [6.07, 6.45) is 1.06. The second kappa shape index (κ2) is 15.7. The minimum Gasteiger partial charge on any atom is -0.347 e. The summed E-state index contributed by atoms with van der Waals surface area (Å²) in [4.78, 5) is 78.0. The molecule has 0 spiro atoms. The lowest BCUT2D eigenvalue weighted by Crippen LogP contribution is -2.57. The van der Waals surface area contributed by atoms with Gasteiger partial charge in [0.1, 0.15) is 11.6 Å². The number of alkyl halides is 2. The van der Waals surface area contributed by atoms with E-state index in [-0.39, 0.29) is 38.9 Å². The van der Waals surface area contributed by atoms with E-state index in [0.29, 0.717) is 35.0 Å². The van der Waals surface area contributed by atoms with Crippen LogP contribution in [0.2, 0.25) is 0 Å². The zero-order chi connectivity index (χ0) is 42.5. The predicted molar refractivity (Wildman–Crippen MR) is 216 cm³/mol. The summed E-state index contributed by atoms with van der Waals surface area (Å²) in [7, 11) is -3.96. The van der Waals surface area contributed by atoms with Crippen LogP contribution in [0.5, 0.6) is 0 Å². The molecule has 2 aliphatic carbocycles. The molecule has 3 N–H and O–H groups in total. The number of aromatic nitrogens is 1. The van der Waals surface area contributed by atoms with E-state index in [1.165, 1.54) is 15.9 Å². The number of fused-ring (bicyclic) bond motifs is 1. The average molecular weight is 833 g/mol. The van der Waals surface area contributed by atoms with Crippen molar-refractivity contribution in [3.63, 3.8) is 0 Å². The van der Waals surface area contributed by atoms with Crippen LogP contribution < -0.4 is 15.4 Å². The zero-order valence-corrected chi connectivity index (χ0v) is 34.2. The first-order valence-electron chi connectivity index (χ1n) is 20.0. The van der Waals surface area contributed by atoms with Crippen LogP contribution in [0.4, 0.5) is 8.78 Å². The van der Waals surface area contributed by atoms with Crippen molar-refractivity contribution in [2.45, 2.75) is 94.5 Å². The van der Waals surface area contributed by atoms with Gasteiger partial charge >= 0.3 is 0 Å². The van der Waals surface area contributed by atoms with Crippen LogP contribution >= 0.6 is 0 Å². The van der Waals surface area contributed by atoms with Crippen molar-refractivity contribution in [3.8, 4) is 11.3 Å². The van der Waals surface area contributed by atoms with Crippen LogP contribution in [0.1, 0.15) is 76.1 Å². The lowest BCUT2D eigenvalue weighted by Gasteiger charge is -2.37. The number of nitrogens with one attached hydrogen (secondary N) is 3. The molecule has 3 heterocycles. The zero-order valence-electron chi connectivity index (χ0n) is 33.4. The average Bonchev–Trinajstić information content (AvgIpc) is 4.12. The summed E-state index contributed by atoms with van der Waals surface area (Å²) in [6, 6.07) is 16.2. The number of amides is 5. The van der Waals surface area contributed by atoms with Crippen LogP contribution in [-0.4, -0.2) is 101 Å². The summed E-state index contributed by atoms with van der Waals surface area (Å²) in [5.74, 6) is -7.59. The molecule has 2 aliphatic heterocycles. The molecule has 1 aromatic heterocycles. The van der Waals surface area contributed by atoms with Crippen LogP contribution in [0.15, 0.2) is 73.3 Å². The van der Waals surface area contributed by atoms with Crippen LogP contribution in [-0.2, 0) is 29.2 Å². The molecule has 7 rings (SSSR count). The Bertz CT molecular complexity index is 2290. The molecular weight excluding hydrogens is 783 g/mol. The fraction of sp³-hybridized carbons (Fsp3) is 0.488. The molecule has 2 saturated carbocycles.